The Hall–Kier alpha value is -3.35. The minimum atomic E-state index is -0.484. The van der Waals surface area contributed by atoms with Crippen LogP contribution in [0, 0.1) is 0 Å². The number of benzene rings is 1. The first-order chi connectivity index (χ1) is 13.6. The molecular weight excluding hydrogens is 358 g/mol. The average molecular weight is 379 g/mol. The summed E-state index contributed by atoms with van der Waals surface area (Å²) in [5.74, 6) is -0.803. The Labute approximate surface area is 161 Å². The van der Waals surface area contributed by atoms with E-state index in [1.807, 2.05) is 0 Å². The van der Waals surface area contributed by atoms with Gasteiger partial charge >= 0.3 is 0 Å². The van der Waals surface area contributed by atoms with Crippen molar-refractivity contribution in [3.63, 3.8) is 0 Å². The van der Waals surface area contributed by atoms with Crippen LogP contribution < -0.4 is 10.6 Å². The number of nitrogens with one attached hydrogen (secondary N) is 2. The smallest absolute Gasteiger partial charge is 0.273 e. The number of carbonyl (C=O) groups excluding carboxylic acids is 2. The minimum absolute atomic E-state index is 0.0359. The predicted molar refractivity (Wildman–Crippen MR) is 103 cm³/mol. The summed E-state index contributed by atoms with van der Waals surface area (Å²) in [6.07, 6.45) is 6.63. The van der Waals surface area contributed by atoms with Crippen molar-refractivity contribution < 1.29 is 19.1 Å². The number of nitrogens with zero attached hydrogens (tertiary/aromatic N) is 1. The van der Waals surface area contributed by atoms with E-state index in [0.29, 0.717) is 0 Å². The van der Waals surface area contributed by atoms with Crippen molar-refractivity contribution >= 4 is 22.8 Å². The molecule has 0 saturated carbocycles. The van der Waals surface area contributed by atoms with Gasteiger partial charge in [0.05, 0.1) is 12.7 Å². The van der Waals surface area contributed by atoms with Gasteiger partial charge in [-0.1, -0.05) is 0 Å². The third kappa shape index (κ3) is 3.69. The van der Waals surface area contributed by atoms with E-state index in [1.54, 1.807) is 12.3 Å². The zero-order valence-electron chi connectivity index (χ0n) is 15.3. The van der Waals surface area contributed by atoms with E-state index in [4.69, 9.17) is 4.42 Å². The Bertz CT molecular complexity index is 1040. The molecule has 1 aliphatic rings. The second kappa shape index (κ2) is 7.72. The first kappa shape index (κ1) is 18.0. The lowest BCUT2D eigenvalue weighted by molar-refractivity contribution is -0.120. The summed E-state index contributed by atoms with van der Waals surface area (Å²) in [6, 6.07) is 7.17. The molecule has 0 bridgehead atoms. The number of hydrogen-bond donors (Lipinski definition) is 3. The number of aryl methyl sites for hydroxylation is 2. The van der Waals surface area contributed by atoms with Crippen molar-refractivity contribution in [2.75, 3.05) is 13.1 Å². The van der Waals surface area contributed by atoms with Crippen LogP contribution in [0.5, 0.6) is 5.75 Å². The van der Waals surface area contributed by atoms with Gasteiger partial charge in [-0.3, -0.25) is 9.59 Å². The van der Waals surface area contributed by atoms with E-state index in [-0.39, 0.29) is 36.9 Å². The molecule has 0 radical (unpaired) electrons. The molecular formula is C21H21N3O4. The molecule has 0 saturated heterocycles. The summed E-state index contributed by atoms with van der Waals surface area (Å²) in [7, 11) is 0. The summed E-state index contributed by atoms with van der Waals surface area (Å²) in [4.78, 5) is 28.0. The molecule has 3 N–H and O–H groups in total. The second-order valence-corrected chi connectivity index (χ2v) is 6.89. The number of carbonyl (C=O) groups is 2. The molecule has 1 aliphatic carbocycles. The molecule has 0 aliphatic heterocycles. The lowest BCUT2D eigenvalue weighted by Gasteiger charge is -2.07. The van der Waals surface area contributed by atoms with Crippen molar-refractivity contribution in [2.24, 2.45) is 0 Å². The molecule has 1 aromatic carbocycles. The standard InChI is InChI=1S/C21H21N3O4/c25-17-5-2-6-23-20(17)21(27)24-8-7-22-19(26)11-15-12-28-18-10-14-4-1-3-13(14)9-16(15)18/h2,5-6,9-10,12,25H,1,3-4,7-8,11H2,(H,22,26)(H,24,27). The van der Waals surface area contributed by atoms with Gasteiger partial charge in [-0.25, -0.2) is 4.98 Å². The Morgan fingerprint density at radius 1 is 1.14 bits per heavy atom. The molecule has 0 atom stereocenters. The molecule has 2 heterocycles. The van der Waals surface area contributed by atoms with Gasteiger partial charge < -0.3 is 20.2 Å². The van der Waals surface area contributed by atoms with Crippen LogP contribution in [0.2, 0.25) is 0 Å². The first-order valence-corrected chi connectivity index (χ1v) is 9.32. The number of furan rings is 1. The lowest BCUT2D eigenvalue weighted by atomic mass is 10.0. The largest absolute Gasteiger partial charge is 0.505 e. The first-order valence-electron chi connectivity index (χ1n) is 9.32. The monoisotopic (exact) mass is 379 g/mol. The van der Waals surface area contributed by atoms with Crippen molar-refractivity contribution in [1.82, 2.24) is 15.6 Å². The number of hydrogen-bond acceptors (Lipinski definition) is 5. The van der Waals surface area contributed by atoms with Gasteiger partial charge in [-0.2, -0.15) is 0 Å². The highest BCUT2D eigenvalue weighted by molar-refractivity contribution is 5.94. The Kier molecular flexibility index (Phi) is 4.97. The quantitative estimate of drug-likeness (QED) is 0.569. The zero-order chi connectivity index (χ0) is 19.5. The van der Waals surface area contributed by atoms with Crippen molar-refractivity contribution in [2.45, 2.75) is 25.7 Å². The fourth-order valence-corrected chi connectivity index (χ4v) is 3.55. The fraction of sp³-hybridized carbons (Fsp3) is 0.286. The van der Waals surface area contributed by atoms with Gasteiger partial charge in [0.2, 0.25) is 5.91 Å². The second-order valence-electron chi connectivity index (χ2n) is 6.89. The molecule has 2 amide bonds. The molecule has 144 valence electrons. The number of aromatic hydroxyl groups is 1. The van der Waals surface area contributed by atoms with Crippen LogP contribution in [0.4, 0.5) is 0 Å². The average Bonchev–Trinajstić information content (AvgIpc) is 3.30. The SMILES string of the molecule is O=C(Cc1coc2cc3c(cc12)CCC3)NCCNC(=O)c1ncccc1O. The van der Waals surface area contributed by atoms with Crippen LogP contribution in [0.3, 0.4) is 0 Å². The molecule has 0 unspecified atom stereocenters. The van der Waals surface area contributed by atoms with Crippen molar-refractivity contribution in [1.29, 1.82) is 0 Å². The van der Waals surface area contributed by atoms with Gasteiger partial charge in [0.1, 0.15) is 11.3 Å². The van der Waals surface area contributed by atoms with Crippen LogP contribution in [0.25, 0.3) is 11.0 Å². The van der Waals surface area contributed by atoms with E-state index in [0.717, 1.165) is 29.4 Å². The van der Waals surface area contributed by atoms with E-state index in [2.05, 4.69) is 27.8 Å². The lowest BCUT2D eigenvalue weighted by Crippen LogP contribution is -2.35. The molecule has 7 heteroatoms. The van der Waals surface area contributed by atoms with E-state index in [9.17, 15) is 14.7 Å². The van der Waals surface area contributed by atoms with E-state index >= 15 is 0 Å². The Balaban J connectivity index is 1.29. The number of amides is 2. The van der Waals surface area contributed by atoms with Crippen molar-refractivity contribution in [3.05, 3.63) is 59.1 Å². The third-order valence-corrected chi connectivity index (χ3v) is 4.95. The molecule has 0 fully saturated rings. The maximum absolute atomic E-state index is 12.2. The maximum Gasteiger partial charge on any atom is 0.273 e. The Morgan fingerprint density at radius 3 is 2.75 bits per heavy atom. The van der Waals surface area contributed by atoms with E-state index < -0.39 is 5.91 Å². The fourth-order valence-electron chi connectivity index (χ4n) is 3.55. The van der Waals surface area contributed by atoms with Gasteiger partial charge in [-0.15, -0.1) is 0 Å². The van der Waals surface area contributed by atoms with Crippen molar-refractivity contribution in [3.8, 4) is 5.75 Å². The minimum Gasteiger partial charge on any atom is -0.505 e. The number of fused-ring (bicyclic) bond motifs is 2. The topological polar surface area (TPSA) is 104 Å². The van der Waals surface area contributed by atoms with E-state index in [1.165, 1.54) is 29.8 Å². The van der Waals surface area contributed by atoms with Crippen LogP contribution in [0.1, 0.15) is 33.6 Å². The third-order valence-electron chi connectivity index (χ3n) is 4.95. The van der Waals surface area contributed by atoms with Gasteiger partial charge in [0.15, 0.2) is 5.69 Å². The molecule has 2 aromatic heterocycles. The zero-order valence-corrected chi connectivity index (χ0v) is 15.3. The number of aromatic nitrogens is 1. The molecule has 28 heavy (non-hydrogen) atoms. The Morgan fingerprint density at radius 2 is 1.93 bits per heavy atom. The summed E-state index contributed by atoms with van der Waals surface area (Å²) in [5.41, 5.74) is 4.34. The summed E-state index contributed by atoms with van der Waals surface area (Å²) in [6.45, 7) is 0.517. The summed E-state index contributed by atoms with van der Waals surface area (Å²) < 4.78 is 5.62. The van der Waals surface area contributed by atoms with Crippen LogP contribution >= 0.6 is 0 Å². The highest BCUT2D eigenvalue weighted by Gasteiger charge is 2.17. The van der Waals surface area contributed by atoms with Gasteiger partial charge in [0, 0.05) is 30.2 Å². The van der Waals surface area contributed by atoms with Crippen LogP contribution in [-0.2, 0) is 24.1 Å². The predicted octanol–water partition coefficient (Wildman–Crippen LogP) is 2.11. The maximum atomic E-state index is 12.2. The summed E-state index contributed by atoms with van der Waals surface area (Å²) >= 11 is 0. The molecule has 0 spiro atoms. The summed E-state index contributed by atoms with van der Waals surface area (Å²) in [5, 5.41) is 16.0. The number of pyridine rings is 1. The normalized spacial score (nSPS) is 12.7. The highest BCUT2D eigenvalue weighted by atomic mass is 16.3. The molecule has 3 aromatic rings. The van der Waals surface area contributed by atoms with Gasteiger partial charge in [0.25, 0.3) is 5.91 Å². The molecule has 4 rings (SSSR count). The van der Waals surface area contributed by atoms with Crippen LogP contribution in [-0.4, -0.2) is 35.0 Å². The number of rotatable bonds is 6. The highest BCUT2D eigenvalue weighted by Crippen LogP contribution is 2.30. The van der Waals surface area contributed by atoms with Crippen LogP contribution in [0.15, 0.2) is 41.1 Å². The van der Waals surface area contributed by atoms with Gasteiger partial charge in [-0.05, 0) is 54.7 Å². The molecule has 7 nitrogen and oxygen atoms in total.